The van der Waals surface area contributed by atoms with Crippen LogP contribution in [-0.4, -0.2) is 56.8 Å². The van der Waals surface area contributed by atoms with E-state index in [1.807, 2.05) is 24.3 Å². The van der Waals surface area contributed by atoms with Gasteiger partial charge in [-0.3, -0.25) is 9.36 Å². The van der Waals surface area contributed by atoms with Crippen LogP contribution in [-0.2, 0) is 0 Å². The van der Waals surface area contributed by atoms with E-state index in [9.17, 15) is 9.59 Å². The molecule has 0 aliphatic carbocycles. The van der Waals surface area contributed by atoms with Crippen LogP contribution in [0.5, 0.6) is 0 Å². The maximum atomic E-state index is 13.2. The van der Waals surface area contributed by atoms with E-state index in [0.29, 0.717) is 63.2 Å². The minimum Gasteiger partial charge on any atom is -0.465 e. The van der Waals surface area contributed by atoms with E-state index in [0.717, 1.165) is 11.4 Å². The van der Waals surface area contributed by atoms with Crippen molar-refractivity contribution in [1.29, 1.82) is 0 Å². The van der Waals surface area contributed by atoms with Crippen LogP contribution < -0.4 is 15.8 Å². The molecule has 1 fully saturated rings. The van der Waals surface area contributed by atoms with Crippen molar-refractivity contribution in [1.82, 2.24) is 19.4 Å². The Labute approximate surface area is 224 Å². The molecular weight excluding hydrogens is 571 g/mol. The number of amides is 1. The van der Waals surface area contributed by atoms with Gasteiger partial charge >= 0.3 is 6.09 Å². The van der Waals surface area contributed by atoms with Crippen molar-refractivity contribution < 1.29 is 9.90 Å². The lowest BCUT2D eigenvalue weighted by Gasteiger charge is -2.34. The number of hydrogen-bond donors (Lipinski definition) is 2. The summed E-state index contributed by atoms with van der Waals surface area (Å²) in [6, 6.07) is 12.8. The molecule has 2 aromatic carbocycles. The van der Waals surface area contributed by atoms with Gasteiger partial charge < -0.3 is 20.2 Å². The summed E-state index contributed by atoms with van der Waals surface area (Å²) >= 11 is 16.1. The highest BCUT2D eigenvalue weighted by molar-refractivity contribution is 9.10. The van der Waals surface area contributed by atoms with Gasteiger partial charge in [-0.05, 0) is 52.3 Å². The molecule has 0 saturated carbocycles. The van der Waals surface area contributed by atoms with Gasteiger partial charge in [0.15, 0.2) is 0 Å². The van der Waals surface area contributed by atoms with Crippen molar-refractivity contribution in [3.63, 3.8) is 0 Å². The zero-order chi connectivity index (χ0) is 25.4. The number of para-hydroxylation sites is 1. The molecule has 0 spiro atoms. The van der Waals surface area contributed by atoms with Crippen molar-refractivity contribution in [2.24, 2.45) is 0 Å². The second-order valence-electron chi connectivity index (χ2n) is 8.11. The Morgan fingerprint density at radius 3 is 2.33 bits per heavy atom. The highest BCUT2D eigenvalue weighted by Crippen LogP contribution is 2.30. The van der Waals surface area contributed by atoms with Gasteiger partial charge in [0.1, 0.15) is 0 Å². The molecule has 12 heteroatoms. The molecule has 5 rings (SSSR count). The summed E-state index contributed by atoms with van der Waals surface area (Å²) < 4.78 is 1.96. The Bertz CT molecular complexity index is 1500. The standard InChI is InChI=1S/C24H19BrCl2N6O3/c25-17-13-33(21-18(26)2-1-3-19(21)27)22(34)16-12-28-23(30-20(16)17)29-14-4-6-15(7-5-14)31-8-10-32(11-9-31)24(35)36/h1-7,12-13H,8-11H2,(H,35,36)(H,28,29,30). The Morgan fingerprint density at radius 1 is 1.03 bits per heavy atom. The first-order valence-corrected chi connectivity index (χ1v) is 12.5. The van der Waals surface area contributed by atoms with Gasteiger partial charge in [0.25, 0.3) is 5.56 Å². The molecule has 1 amide bonds. The predicted molar refractivity (Wildman–Crippen MR) is 144 cm³/mol. The van der Waals surface area contributed by atoms with E-state index in [1.165, 1.54) is 15.7 Å². The number of hydrogen-bond acceptors (Lipinski definition) is 6. The third-order valence-electron chi connectivity index (χ3n) is 5.92. The van der Waals surface area contributed by atoms with Gasteiger partial charge in [0.05, 0.1) is 31.1 Å². The molecule has 0 unspecified atom stereocenters. The Hall–Kier alpha value is -3.34. The molecule has 0 bridgehead atoms. The molecular formula is C24H19BrCl2N6O3. The molecule has 2 N–H and O–H groups in total. The lowest BCUT2D eigenvalue weighted by atomic mass is 10.2. The van der Waals surface area contributed by atoms with E-state index in [2.05, 4.69) is 36.1 Å². The molecule has 2 aromatic heterocycles. The number of rotatable bonds is 4. The molecule has 4 aromatic rings. The minimum atomic E-state index is -0.886. The molecule has 1 aliphatic heterocycles. The first-order valence-electron chi connectivity index (χ1n) is 10.9. The quantitative estimate of drug-likeness (QED) is 0.329. The van der Waals surface area contributed by atoms with Gasteiger partial charge in [-0.15, -0.1) is 0 Å². The van der Waals surface area contributed by atoms with E-state index in [1.54, 1.807) is 24.4 Å². The predicted octanol–water partition coefficient (Wildman–Crippen LogP) is 5.39. The summed E-state index contributed by atoms with van der Waals surface area (Å²) in [6.45, 7) is 2.22. The van der Waals surface area contributed by atoms with Crippen LogP contribution in [0, 0.1) is 0 Å². The van der Waals surface area contributed by atoms with Gasteiger partial charge in [0, 0.05) is 49.9 Å². The van der Waals surface area contributed by atoms with Crippen LogP contribution in [0.2, 0.25) is 10.0 Å². The molecule has 9 nitrogen and oxygen atoms in total. The third kappa shape index (κ3) is 4.71. The summed E-state index contributed by atoms with van der Waals surface area (Å²) in [5.74, 6) is 0.332. The number of anilines is 3. The fourth-order valence-electron chi connectivity index (χ4n) is 4.07. The van der Waals surface area contributed by atoms with Crippen LogP contribution >= 0.6 is 39.1 Å². The summed E-state index contributed by atoms with van der Waals surface area (Å²) in [5, 5.41) is 13.3. The van der Waals surface area contributed by atoms with Crippen LogP contribution in [0.3, 0.4) is 0 Å². The summed E-state index contributed by atoms with van der Waals surface area (Å²) in [7, 11) is 0. The minimum absolute atomic E-state index is 0.307. The third-order valence-corrected chi connectivity index (χ3v) is 7.11. The average molecular weight is 590 g/mol. The van der Waals surface area contributed by atoms with Crippen molar-refractivity contribution in [3.8, 4) is 5.69 Å². The molecule has 1 aliphatic rings. The highest BCUT2D eigenvalue weighted by atomic mass is 79.9. The van der Waals surface area contributed by atoms with Gasteiger partial charge in [-0.2, -0.15) is 0 Å². The van der Waals surface area contributed by atoms with Crippen molar-refractivity contribution >= 4 is 73.5 Å². The number of fused-ring (bicyclic) bond motifs is 1. The van der Waals surface area contributed by atoms with E-state index in [-0.39, 0.29) is 5.56 Å². The second-order valence-corrected chi connectivity index (χ2v) is 9.78. The molecule has 0 atom stereocenters. The summed E-state index contributed by atoms with van der Waals surface area (Å²) in [4.78, 5) is 36.7. The maximum absolute atomic E-state index is 13.2. The largest absolute Gasteiger partial charge is 0.465 e. The zero-order valence-corrected chi connectivity index (χ0v) is 21.8. The number of pyridine rings is 1. The van der Waals surface area contributed by atoms with Crippen LogP contribution in [0.1, 0.15) is 0 Å². The molecule has 1 saturated heterocycles. The lowest BCUT2D eigenvalue weighted by molar-refractivity contribution is 0.142. The van der Waals surface area contributed by atoms with E-state index >= 15 is 0 Å². The van der Waals surface area contributed by atoms with Gasteiger partial charge in [-0.25, -0.2) is 14.8 Å². The first kappa shape index (κ1) is 24.4. The number of benzene rings is 2. The van der Waals surface area contributed by atoms with Gasteiger partial charge in [-0.1, -0.05) is 29.3 Å². The topological polar surface area (TPSA) is 104 Å². The van der Waals surface area contributed by atoms with Crippen LogP contribution in [0.4, 0.5) is 22.1 Å². The number of carbonyl (C=O) groups is 1. The number of carboxylic acid groups (broad SMARTS) is 1. The lowest BCUT2D eigenvalue weighted by Crippen LogP contribution is -2.48. The maximum Gasteiger partial charge on any atom is 0.407 e. The highest BCUT2D eigenvalue weighted by Gasteiger charge is 2.20. The van der Waals surface area contributed by atoms with E-state index in [4.69, 9.17) is 28.3 Å². The fraction of sp³-hybridized carbons (Fsp3) is 0.167. The first-order chi connectivity index (χ1) is 17.3. The van der Waals surface area contributed by atoms with Crippen molar-refractivity contribution in [2.45, 2.75) is 0 Å². The number of nitrogens with one attached hydrogen (secondary N) is 1. The van der Waals surface area contributed by atoms with Gasteiger partial charge in [0.2, 0.25) is 5.95 Å². The Balaban J connectivity index is 1.38. The average Bonchev–Trinajstić information content (AvgIpc) is 2.87. The SMILES string of the molecule is O=C(O)N1CCN(c2ccc(Nc3ncc4c(=O)n(-c5c(Cl)cccc5Cl)cc(Br)c4n3)cc2)CC1. The molecule has 3 heterocycles. The zero-order valence-electron chi connectivity index (χ0n) is 18.7. The smallest absolute Gasteiger partial charge is 0.407 e. The molecule has 0 radical (unpaired) electrons. The number of aromatic nitrogens is 3. The Kier molecular flexibility index (Phi) is 6.74. The number of nitrogens with zero attached hydrogens (tertiary/aromatic N) is 5. The van der Waals surface area contributed by atoms with Crippen molar-refractivity contribution in [3.05, 3.63) is 79.7 Å². The summed E-state index contributed by atoms with van der Waals surface area (Å²) in [6.07, 6.45) is 2.17. The normalized spacial score (nSPS) is 13.8. The second kappa shape index (κ2) is 9.96. The molecule has 36 heavy (non-hydrogen) atoms. The van der Waals surface area contributed by atoms with E-state index < -0.39 is 6.09 Å². The summed E-state index contributed by atoms with van der Waals surface area (Å²) in [5.41, 5.74) is 2.27. The monoisotopic (exact) mass is 588 g/mol. The molecule has 184 valence electrons. The number of halogens is 3. The van der Waals surface area contributed by atoms with Crippen LogP contribution in [0.25, 0.3) is 16.6 Å². The van der Waals surface area contributed by atoms with Crippen LogP contribution in [0.15, 0.2) is 64.1 Å². The number of piperazine rings is 1. The Morgan fingerprint density at radius 2 is 1.69 bits per heavy atom. The fourth-order valence-corrected chi connectivity index (χ4v) is 5.16. The van der Waals surface area contributed by atoms with Crippen molar-refractivity contribution in [2.75, 3.05) is 36.4 Å².